The molecule has 0 saturated carbocycles. The van der Waals surface area contributed by atoms with Crippen LogP contribution in [0, 0.1) is 0 Å². The van der Waals surface area contributed by atoms with E-state index in [9.17, 15) is 4.79 Å². The van der Waals surface area contributed by atoms with E-state index in [4.69, 9.17) is 25.8 Å². The molecular weight excluding hydrogens is 382 g/mol. The van der Waals surface area contributed by atoms with Gasteiger partial charge in [-0.1, -0.05) is 11.6 Å². The lowest BCUT2D eigenvalue weighted by molar-refractivity contribution is 0.0466. The van der Waals surface area contributed by atoms with E-state index in [1.54, 1.807) is 28.8 Å². The van der Waals surface area contributed by atoms with Crippen molar-refractivity contribution in [3.05, 3.63) is 50.6 Å². The highest BCUT2D eigenvalue weighted by molar-refractivity contribution is 7.14. The Morgan fingerprint density at radius 3 is 3.00 bits per heavy atom. The first-order valence-electron chi connectivity index (χ1n) is 7.44. The van der Waals surface area contributed by atoms with Crippen LogP contribution in [0.25, 0.3) is 10.6 Å². The quantitative estimate of drug-likeness (QED) is 0.604. The van der Waals surface area contributed by atoms with Gasteiger partial charge in [-0.3, -0.25) is 0 Å². The SMILES string of the molecule is O=C(OCc1cc(Cl)c2c(c1)OCCO2)c1csc(-c2ccsc2)n1. The minimum Gasteiger partial charge on any atom is -0.486 e. The molecule has 0 radical (unpaired) electrons. The average molecular weight is 394 g/mol. The molecule has 3 aromatic rings. The first kappa shape index (κ1) is 16.4. The van der Waals surface area contributed by atoms with Crippen LogP contribution in [0.1, 0.15) is 16.1 Å². The number of benzene rings is 1. The van der Waals surface area contributed by atoms with Gasteiger partial charge in [-0.05, 0) is 29.1 Å². The topological polar surface area (TPSA) is 57.7 Å². The molecular formula is C17H12ClNO4S2. The first-order chi connectivity index (χ1) is 12.2. The van der Waals surface area contributed by atoms with Crippen molar-refractivity contribution >= 4 is 40.2 Å². The summed E-state index contributed by atoms with van der Waals surface area (Å²) in [4.78, 5) is 16.5. The normalized spacial score (nSPS) is 12.8. The molecule has 0 saturated heterocycles. The Kier molecular flexibility index (Phi) is 4.61. The summed E-state index contributed by atoms with van der Waals surface area (Å²) in [5.74, 6) is 0.629. The minimum atomic E-state index is -0.469. The van der Waals surface area contributed by atoms with Crippen molar-refractivity contribution in [1.29, 1.82) is 0 Å². The van der Waals surface area contributed by atoms with E-state index < -0.39 is 5.97 Å². The van der Waals surface area contributed by atoms with E-state index >= 15 is 0 Å². The number of thiazole rings is 1. The summed E-state index contributed by atoms with van der Waals surface area (Å²) >= 11 is 9.19. The lowest BCUT2D eigenvalue weighted by Gasteiger charge is -2.20. The van der Waals surface area contributed by atoms with E-state index in [-0.39, 0.29) is 6.61 Å². The number of hydrogen-bond donors (Lipinski definition) is 0. The summed E-state index contributed by atoms with van der Waals surface area (Å²) in [6, 6.07) is 5.45. The molecule has 128 valence electrons. The van der Waals surface area contributed by atoms with Gasteiger partial charge in [0.2, 0.25) is 0 Å². The fourth-order valence-electron chi connectivity index (χ4n) is 2.36. The molecule has 0 aliphatic carbocycles. The van der Waals surface area contributed by atoms with Crippen molar-refractivity contribution < 1.29 is 19.0 Å². The first-order valence-corrected chi connectivity index (χ1v) is 9.64. The van der Waals surface area contributed by atoms with E-state index in [1.807, 2.05) is 16.8 Å². The number of carbonyl (C=O) groups excluding carboxylic acids is 1. The Hall–Kier alpha value is -2.09. The molecule has 0 unspecified atom stereocenters. The molecule has 0 spiro atoms. The summed E-state index contributed by atoms with van der Waals surface area (Å²) in [6.45, 7) is 1.02. The van der Waals surface area contributed by atoms with Gasteiger partial charge in [-0.15, -0.1) is 11.3 Å². The molecule has 5 nitrogen and oxygen atoms in total. The predicted octanol–water partition coefficient (Wildman–Crippen LogP) is 4.65. The van der Waals surface area contributed by atoms with E-state index in [0.717, 1.165) is 16.1 Å². The zero-order valence-corrected chi connectivity index (χ0v) is 15.2. The van der Waals surface area contributed by atoms with Crippen LogP contribution in [-0.2, 0) is 11.3 Å². The van der Waals surface area contributed by atoms with Crippen LogP contribution in [0.3, 0.4) is 0 Å². The summed E-state index contributed by atoms with van der Waals surface area (Å²) < 4.78 is 16.3. The van der Waals surface area contributed by atoms with Crippen LogP contribution in [0.2, 0.25) is 5.02 Å². The van der Waals surface area contributed by atoms with Gasteiger partial charge >= 0.3 is 5.97 Å². The minimum absolute atomic E-state index is 0.0838. The van der Waals surface area contributed by atoms with Crippen molar-refractivity contribution in [2.75, 3.05) is 13.2 Å². The Balaban J connectivity index is 1.45. The Morgan fingerprint density at radius 2 is 2.16 bits per heavy atom. The number of aromatic nitrogens is 1. The second-order valence-electron chi connectivity index (χ2n) is 5.23. The largest absolute Gasteiger partial charge is 0.486 e. The summed E-state index contributed by atoms with van der Waals surface area (Å²) in [5.41, 5.74) is 2.04. The third-order valence-corrected chi connectivity index (χ3v) is 5.36. The lowest BCUT2D eigenvalue weighted by Crippen LogP contribution is -2.16. The van der Waals surface area contributed by atoms with Crippen molar-refractivity contribution in [3.8, 4) is 22.1 Å². The molecule has 4 rings (SSSR count). The number of ether oxygens (including phenoxy) is 3. The molecule has 1 aromatic carbocycles. The lowest BCUT2D eigenvalue weighted by atomic mass is 10.2. The maximum absolute atomic E-state index is 12.2. The van der Waals surface area contributed by atoms with E-state index in [2.05, 4.69) is 4.98 Å². The highest BCUT2D eigenvalue weighted by Crippen LogP contribution is 2.38. The van der Waals surface area contributed by atoms with Crippen LogP contribution in [0.4, 0.5) is 0 Å². The monoisotopic (exact) mass is 393 g/mol. The zero-order chi connectivity index (χ0) is 17.2. The van der Waals surface area contributed by atoms with Crippen LogP contribution in [0.5, 0.6) is 11.5 Å². The third kappa shape index (κ3) is 3.49. The molecule has 0 fully saturated rings. The van der Waals surface area contributed by atoms with Gasteiger partial charge in [-0.2, -0.15) is 11.3 Å². The summed E-state index contributed by atoms with van der Waals surface area (Å²) in [7, 11) is 0. The number of halogens is 1. The molecule has 0 amide bonds. The second kappa shape index (κ2) is 7.03. The average Bonchev–Trinajstić information content (AvgIpc) is 3.31. The zero-order valence-electron chi connectivity index (χ0n) is 12.9. The molecule has 8 heteroatoms. The number of rotatable bonds is 4. The van der Waals surface area contributed by atoms with Crippen LogP contribution < -0.4 is 9.47 Å². The van der Waals surface area contributed by atoms with Gasteiger partial charge < -0.3 is 14.2 Å². The molecule has 0 bridgehead atoms. The van der Waals surface area contributed by atoms with Gasteiger partial charge in [0.05, 0.1) is 5.02 Å². The second-order valence-corrected chi connectivity index (χ2v) is 7.27. The Bertz CT molecular complexity index is 908. The summed E-state index contributed by atoms with van der Waals surface area (Å²) in [6.07, 6.45) is 0. The molecule has 25 heavy (non-hydrogen) atoms. The standard InChI is InChI=1S/C17H12ClNO4S2/c18-12-5-10(6-14-15(12)22-3-2-21-14)7-23-17(20)13-9-25-16(19-13)11-1-4-24-8-11/h1,4-6,8-9H,2-3,7H2. The fraction of sp³-hybridized carbons (Fsp3) is 0.176. The van der Waals surface area contributed by atoms with Crippen molar-refractivity contribution in [2.45, 2.75) is 6.61 Å². The van der Waals surface area contributed by atoms with Gasteiger partial charge in [-0.25, -0.2) is 9.78 Å². The number of nitrogens with zero attached hydrogens (tertiary/aromatic N) is 1. The number of esters is 1. The molecule has 2 aromatic heterocycles. The molecule has 1 aliphatic rings. The Morgan fingerprint density at radius 1 is 1.28 bits per heavy atom. The third-order valence-electron chi connectivity index (χ3n) is 3.51. The van der Waals surface area contributed by atoms with E-state index in [1.165, 1.54) is 11.3 Å². The van der Waals surface area contributed by atoms with Crippen molar-refractivity contribution in [1.82, 2.24) is 4.98 Å². The number of hydrogen-bond acceptors (Lipinski definition) is 7. The highest BCUT2D eigenvalue weighted by Gasteiger charge is 2.18. The highest BCUT2D eigenvalue weighted by atomic mass is 35.5. The van der Waals surface area contributed by atoms with Gasteiger partial charge in [0, 0.05) is 16.3 Å². The van der Waals surface area contributed by atoms with Gasteiger partial charge in [0.15, 0.2) is 17.2 Å². The molecule has 3 heterocycles. The van der Waals surface area contributed by atoms with Gasteiger partial charge in [0.25, 0.3) is 0 Å². The molecule has 1 aliphatic heterocycles. The number of thiophene rings is 1. The van der Waals surface area contributed by atoms with Gasteiger partial charge in [0.1, 0.15) is 24.8 Å². The summed E-state index contributed by atoms with van der Waals surface area (Å²) in [5, 5.41) is 6.91. The molecule has 0 atom stereocenters. The van der Waals surface area contributed by atoms with Crippen LogP contribution in [0.15, 0.2) is 34.3 Å². The maximum Gasteiger partial charge on any atom is 0.358 e. The molecule has 0 N–H and O–H groups in total. The van der Waals surface area contributed by atoms with Crippen LogP contribution in [-0.4, -0.2) is 24.2 Å². The van der Waals surface area contributed by atoms with Crippen LogP contribution >= 0.6 is 34.3 Å². The maximum atomic E-state index is 12.2. The Labute approximate surface area is 156 Å². The predicted molar refractivity (Wildman–Crippen MR) is 97.0 cm³/mol. The van der Waals surface area contributed by atoms with Crippen molar-refractivity contribution in [3.63, 3.8) is 0 Å². The van der Waals surface area contributed by atoms with Crippen molar-refractivity contribution in [2.24, 2.45) is 0 Å². The smallest absolute Gasteiger partial charge is 0.358 e. The van der Waals surface area contributed by atoms with E-state index in [0.29, 0.717) is 35.4 Å². The number of fused-ring (bicyclic) bond motifs is 1. The number of carbonyl (C=O) groups is 1. The fourth-order valence-corrected chi connectivity index (χ4v) is 4.15.